The van der Waals surface area contributed by atoms with Crippen LogP contribution in [0.2, 0.25) is 0 Å². The SMILES string of the molecule is CC(C)(C)C.CC(C)(C)C.CC(C)(C)C.CC(C)(C)C.CC(C)(C)C1=Nc2ccccc2C1.CC(C)(C)C1Cc2ccccc2C1.c1ccc2ncccc2c1. The van der Waals surface area contributed by atoms with E-state index >= 15 is 0 Å². The molecule has 1 aliphatic heterocycles. The van der Waals surface area contributed by atoms with E-state index in [1.54, 1.807) is 11.1 Å². The van der Waals surface area contributed by atoms with Crippen molar-refractivity contribution >= 4 is 22.3 Å². The summed E-state index contributed by atoms with van der Waals surface area (Å²) in [7, 11) is 0. The Balaban J connectivity index is 0.000000662. The van der Waals surface area contributed by atoms with E-state index in [0.29, 0.717) is 27.1 Å². The molecule has 0 amide bonds. The molecule has 0 atom stereocenters. The van der Waals surface area contributed by atoms with Crippen molar-refractivity contribution in [3.8, 4) is 0 Å². The van der Waals surface area contributed by atoms with Crippen LogP contribution >= 0.6 is 0 Å². The molecule has 314 valence electrons. The average molecular weight is 765 g/mol. The minimum Gasteiger partial charge on any atom is -0.257 e. The second-order valence-electron chi connectivity index (χ2n) is 24.0. The van der Waals surface area contributed by atoms with Gasteiger partial charge >= 0.3 is 0 Å². The van der Waals surface area contributed by atoms with Gasteiger partial charge in [0, 0.05) is 29.1 Å². The number of fused-ring (bicyclic) bond motifs is 3. The molecule has 0 spiro atoms. The van der Waals surface area contributed by atoms with Gasteiger partial charge in [-0.1, -0.05) is 219 Å². The molecule has 0 N–H and O–H groups in total. The lowest BCUT2D eigenvalue weighted by molar-refractivity contribution is 0.251. The topological polar surface area (TPSA) is 25.2 Å². The van der Waals surface area contributed by atoms with Gasteiger partial charge in [0.1, 0.15) is 0 Å². The maximum atomic E-state index is 4.64. The molecule has 0 radical (unpaired) electrons. The van der Waals surface area contributed by atoms with Gasteiger partial charge in [-0.15, -0.1) is 0 Å². The normalized spacial score (nSPS) is 13.7. The summed E-state index contributed by atoms with van der Waals surface area (Å²) in [5.74, 6) is 0.838. The first-order chi connectivity index (χ1) is 25.1. The number of rotatable bonds is 0. The fourth-order valence-corrected chi connectivity index (χ4v) is 4.75. The zero-order chi connectivity index (χ0) is 43.8. The first kappa shape index (κ1) is 52.7. The Morgan fingerprint density at radius 3 is 1.16 bits per heavy atom. The molecule has 2 nitrogen and oxygen atoms in total. The zero-order valence-corrected chi connectivity index (χ0v) is 40.8. The Hall–Kier alpha value is -3.26. The highest BCUT2D eigenvalue weighted by Crippen LogP contribution is 2.38. The van der Waals surface area contributed by atoms with Gasteiger partial charge in [-0.2, -0.15) is 0 Å². The summed E-state index contributed by atoms with van der Waals surface area (Å²) in [5.41, 5.74) is 10.7. The van der Waals surface area contributed by atoms with Crippen molar-refractivity contribution in [2.45, 2.75) is 172 Å². The van der Waals surface area contributed by atoms with Crippen molar-refractivity contribution in [1.29, 1.82) is 0 Å². The van der Waals surface area contributed by atoms with E-state index in [4.69, 9.17) is 0 Å². The van der Waals surface area contributed by atoms with Gasteiger partial charge in [0.2, 0.25) is 0 Å². The Morgan fingerprint density at radius 1 is 0.429 bits per heavy atom. The van der Waals surface area contributed by atoms with Gasteiger partial charge in [0.15, 0.2) is 0 Å². The van der Waals surface area contributed by atoms with E-state index in [2.05, 4.69) is 217 Å². The van der Waals surface area contributed by atoms with Crippen molar-refractivity contribution in [2.75, 3.05) is 0 Å². The average Bonchev–Trinajstić information content (AvgIpc) is 3.64. The minimum atomic E-state index is 0.207. The molecule has 56 heavy (non-hydrogen) atoms. The van der Waals surface area contributed by atoms with Crippen LogP contribution in [0.4, 0.5) is 5.69 Å². The lowest BCUT2D eigenvalue weighted by Gasteiger charge is -2.26. The van der Waals surface area contributed by atoms with Gasteiger partial charge in [-0.05, 0) is 80.7 Å². The summed E-state index contributed by atoms with van der Waals surface area (Å²) in [4.78, 5) is 8.82. The number of benzene rings is 3. The molecule has 1 aromatic heterocycles. The van der Waals surface area contributed by atoms with Crippen molar-refractivity contribution in [1.82, 2.24) is 4.98 Å². The predicted octanol–water partition coefficient (Wildman–Crippen LogP) is 17.3. The summed E-state index contributed by atoms with van der Waals surface area (Å²) in [6.45, 7) is 48.7. The Labute approximate surface area is 348 Å². The number of para-hydroxylation sites is 2. The largest absolute Gasteiger partial charge is 0.257 e. The molecular formula is C54H88N2. The molecule has 2 heteroatoms. The molecule has 2 heterocycles. The summed E-state index contributed by atoms with van der Waals surface area (Å²) in [5, 5.41) is 1.20. The Kier molecular flexibility index (Phi) is 21.3. The number of nitrogens with zero attached hydrogens (tertiary/aromatic N) is 2. The van der Waals surface area contributed by atoms with Crippen LogP contribution in [-0.4, -0.2) is 10.7 Å². The van der Waals surface area contributed by atoms with Crippen molar-refractivity contribution in [3.63, 3.8) is 0 Å². The molecule has 0 saturated carbocycles. The van der Waals surface area contributed by atoms with E-state index < -0.39 is 0 Å². The van der Waals surface area contributed by atoms with Crippen molar-refractivity contribution in [2.24, 2.45) is 43.4 Å². The standard InChI is InChI=1S/C13H18.C12H15N.C9H7N.4C5H12/c1-13(2,3)12-8-10-6-4-5-7-11(10)9-12;1-12(2,3)11-8-9-6-4-5-7-10(9)13-11;1-2-6-9-8(4-1)5-3-7-10-9;4*1-5(2,3)4/h4-7,12H,8-9H2,1-3H3;4-7H,8H2,1-3H3;1-7H;4*1-4H3. The maximum absolute atomic E-state index is 4.64. The fraction of sp³-hybridized carbons (Fsp3) is 0.593. The molecule has 0 fully saturated rings. The quantitative estimate of drug-likeness (QED) is 0.175. The molecule has 0 unspecified atom stereocenters. The van der Waals surface area contributed by atoms with Gasteiger partial charge in [0.25, 0.3) is 0 Å². The third-order valence-electron chi connectivity index (χ3n) is 7.26. The number of pyridine rings is 1. The van der Waals surface area contributed by atoms with Crippen LogP contribution in [0.3, 0.4) is 0 Å². The van der Waals surface area contributed by atoms with E-state index in [1.807, 2.05) is 36.5 Å². The van der Waals surface area contributed by atoms with Crippen LogP contribution in [0.5, 0.6) is 0 Å². The van der Waals surface area contributed by atoms with Crippen LogP contribution in [0.15, 0.2) is 96.1 Å². The first-order valence-corrected chi connectivity index (χ1v) is 21.1. The van der Waals surface area contributed by atoms with Crippen LogP contribution in [-0.2, 0) is 19.3 Å². The van der Waals surface area contributed by atoms with Gasteiger partial charge in [0.05, 0.1) is 11.2 Å². The lowest BCUT2D eigenvalue weighted by atomic mass is 9.79. The van der Waals surface area contributed by atoms with Gasteiger partial charge in [-0.25, -0.2) is 0 Å². The molecule has 3 aromatic carbocycles. The Morgan fingerprint density at radius 2 is 0.786 bits per heavy atom. The monoisotopic (exact) mass is 765 g/mol. The van der Waals surface area contributed by atoms with Crippen LogP contribution in [0, 0.1) is 38.4 Å². The maximum Gasteiger partial charge on any atom is 0.0701 e. The molecule has 2 aliphatic rings. The van der Waals surface area contributed by atoms with Gasteiger partial charge in [-0.3, -0.25) is 9.98 Å². The van der Waals surface area contributed by atoms with Gasteiger partial charge < -0.3 is 0 Å². The molecule has 0 bridgehead atoms. The highest BCUT2D eigenvalue weighted by molar-refractivity contribution is 5.97. The molecule has 1 aliphatic carbocycles. The second kappa shape index (κ2) is 22.6. The van der Waals surface area contributed by atoms with E-state index in [0.717, 1.165) is 23.5 Å². The van der Waals surface area contributed by atoms with Crippen LogP contribution in [0.1, 0.15) is 169 Å². The van der Waals surface area contributed by atoms with Crippen molar-refractivity contribution < 1.29 is 0 Å². The number of aromatic nitrogens is 1. The van der Waals surface area contributed by atoms with E-state index in [9.17, 15) is 0 Å². The third-order valence-corrected chi connectivity index (χ3v) is 7.26. The summed E-state index contributed by atoms with van der Waals surface area (Å²) >= 11 is 0. The molecule has 6 rings (SSSR count). The molecule has 0 saturated heterocycles. The predicted molar refractivity (Wildman–Crippen MR) is 256 cm³/mol. The van der Waals surface area contributed by atoms with Crippen molar-refractivity contribution in [3.05, 3.63) is 108 Å². The van der Waals surface area contributed by atoms with E-state index in [-0.39, 0.29) is 5.41 Å². The zero-order valence-electron chi connectivity index (χ0n) is 40.8. The third kappa shape index (κ3) is 30.0. The molecule has 4 aromatic rings. The van der Waals surface area contributed by atoms with Crippen LogP contribution in [0.25, 0.3) is 10.9 Å². The molecular weight excluding hydrogens is 677 g/mol. The lowest BCUT2D eigenvalue weighted by Crippen LogP contribution is -2.20. The smallest absolute Gasteiger partial charge is 0.0701 e. The summed E-state index contributed by atoms with van der Waals surface area (Å²) in [6.07, 6.45) is 5.39. The number of hydrogen-bond acceptors (Lipinski definition) is 2. The second-order valence-corrected chi connectivity index (χ2v) is 24.0. The Bertz CT molecular complexity index is 1530. The minimum absolute atomic E-state index is 0.207. The number of hydrogen-bond donors (Lipinski definition) is 0. The van der Waals surface area contributed by atoms with Crippen LogP contribution < -0.4 is 0 Å². The summed E-state index contributed by atoms with van der Waals surface area (Å²) < 4.78 is 0. The summed E-state index contributed by atoms with van der Waals surface area (Å²) in [6, 6.07) is 29.3. The highest BCUT2D eigenvalue weighted by Gasteiger charge is 2.30. The first-order valence-electron chi connectivity index (χ1n) is 21.1. The number of aliphatic imine (C=N–C) groups is 1. The highest BCUT2D eigenvalue weighted by atomic mass is 14.8. The van der Waals surface area contributed by atoms with E-state index in [1.165, 1.54) is 29.5 Å². The fourth-order valence-electron chi connectivity index (χ4n) is 4.75.